The number of anilines is 1. The highest BCUT2D eigenvalue weighted by atomic mass is 16.4. The van der Waals surface area contributed by atoms with Gasteiger partial charge in [0.15, 0.2) is 5.60 Å². The molecule has 0 aromatic heterocycles. The van der Waals surface area contributed by atoms with Gasteiger partial charge in [-0.2, -0.15) is 0 Å². The van der Waals surface area contributed by atoms with E-state index in [1.165, 1.54) is 5.56 Å². The van der Waals surface area contributed by atoms with Crippen LogP contribution >= 0.6 is 0 Å². The van der Waals surface area contributed by atoms with Crippen LogP contribution in [0.5, 0.6) is 0 Å². The molecule has 2 rings (SSSR count). The first-order chi connectivity index (χ1) is 11.2. The topological polar surface area (TPSA) is 144 Å². The van der Waals surface area contributed by atoms with Gasteiger partial charge in [0.2, 0.25) is 0 Å². The van der Waals surface area contributed by atoms with E-state index in [0.717, 1.165) is 5.69 Å². The first-order valence-corrected chi connectivity index (χ1v) is 6.83. The molecule has 8 heteroatoms. The van der Waals surface area contributed by atoms with E-state index in [0.29, 0.717) is 0 Å². The summed E-state index contributed by atoms with van der Waals surface area (Å²) in [5.41, 5.74) is -0.340. The summed E-state index contributed by atoms with van der Waals surface area (Å²) < 4.78 is 0. The Morgan fingerprint density at radius 1 is 0.958 bits per heavy atom. The number of aliphatic hydroxyl groups is 1. The maximum atomic E-state index is 10.3. The van der Waals surface area contributed by atoms with Crippen molar-refractivity contribution < 1.29 is 34.8 Å². The highest BCUT2D eigenvalue weighted by Crippen LogP contribution is 2.18. The number of fused-ring (bicyclic) bond motifs is 1. The van der Waals surface area contributed by atoms with Gasteiger partial charge in [-0.05, 0) is 17.7 Å². The molecular formula is C16H17NO7. The zero-order chi connectivity index (χ0) is 18.2. The second kappa shape index (κ2) is 8.49. The molecule has 0 bridgehead atoms. The molecule has 0 aliphatic carbocycles. The largest absolute Gasteiger partial charge is 0.481 e. The molecule has 0 atom stereocenters. The predicted molar refractivity (Wildman–Crippen MR) is 85.3 cm³/mol. The van der Waals surface area contributed by atoms with Gasteiger partial charge in [0, 0.05) is 11.9 Å². The van der Waals surface area contributed by atoms with Crippen LogP contribution in [0, 0.1) is 0 Å². The van der Waals surface area contributed by atoms with Crippen molar-refractivity contribution in [3.8, 4) is 0 Å². The summed E-state index contributed by atoms with van der Waals surface area (Å²) in [5.74, 6) is -5.02. The number of carboxylic acids is 3. The number of rotatable bonds is 5. The lowest BCUT2D eigenvalue weighted by Crippen LogP contribution is -2.42. The van der Waals surface area contributed by atoms with E-state index in [-0.39, 0.29) is 0 Å². The Labute approximate surface area is 137 Å². The number of carboxylic acid groups (broad SMARTS) is 3. The van der Waals surface area contributed by atoms with Gasteiger partial charge in [0.25, 0.3) is 0 Å². The van der Waals surface area contributed by atoms with Crippen molar-refractivity contribution in [2.45, 2.75) is 18.4 Å². The Kier molecular flexibility index (Phi) is 6.69. The molecule has 0 amide bonds. The molecule has 128 valence electrons. The van der Waals surface area contributed by atoms with Crippen molar-refractivity contribution in [3.05, 3.63) is 48.2 Å². The minimum absolute atomic E-state index is 1.14. The third kappa shape index (κ3) is 5.93. The molecule has 0 spiro atoms. The molecule has 0 radical (unpaired) electrons. The Hall–Kier alpha value is -3.13. The van der Waals surface area contributed by atoms with Crippen molar-refractivity contribution in [3.63, 3.8) is 0 Å². The third-order valence-corrected chi connectivity index (χ3v) is 2.97. The lowest BCUT2D eigenvalue weighted by molar-refractivity contribution is -0.170. The minimum atomic E-state index is -2.74. The van der Waals surface area contributed by atoms with Crippen molar-refractivity contribution in [1.82, 2.24) is 0 Å². The van der Waals surface area contributed by atoms with Crippen LogP contribution in [0.2, 0.25) is 0 Å². The number of para-hydroxylation sites is 1. The van der Waals surface area contributed by atoms with Gasteiger partial charge in [-0.15, -0.1) is 0 Å². The van der Waals surface area contributed by atoms with E-state index in [1.807, 2.05) is 30.5 Å². The van der Waals surface area contributed by atoms with Gasteiger partial charge < -0.3 is 25.7 Å². The average Bonchev–Trinajstić information content (AvgIpc) is 2.71. The summed E-state index contributed by atoms with van der Waals surface area (Å²) in [4.78, 5) is 30.5. The highest BCUT2D eigenvalue weighted by Gasteiger charge is 2.40. The number of benzene rings is 1. The normalized spacial score (nSPS) is 12.0. The number of aliphatic carboxylic acids is 3. The number of carbonyl (C=O) groups is 3. The highest BCUT2D eigenvalue weighted by molar-refractivity contribution is 5.88. The van der Waals surface area contributed by atoms with Crippen LogP contribution in [0.1, 0.15) is 18.4 Å². The molecule has 1 aromatic rings. The Bertz CT molecular complexity index is 663. The summed E-state index contributed by atoms with van der Waals surface area (Å²) in [6, 6.07) is 8.22. The monoisotopic (exact) mass is 335 g/mol. The minimum Gasteiger partial charge on any atom is -0.481 e. The second-order valence-corrected chi connectivity index (χ2v) is 4.93. The first kappa shape index (κ1) is 18.9. The summed E-state index contributed by atoms with van der Waals surface area (Å²) in [7, 11) is 0. The van der Waals surface area contributed by atoms with E-state index in [1.54, 1.807) is 0 Å². The van der Waals surface area contributed by atoms with Gasteiger partial charge in [-0.3, -0.25) is 9.59 Å². The third-order valence-electron chi connectivity index (χ3n) is 2.97. The average molecular weight is 335 g/mol. The maximum Gasteiger partial charge on any atom is 0.336 e. The second-order valence-electron chi connectivity index (χ2n) is 4.93. The molecule has 1 heterocycles. The molecule has 5 N–H and O–H groups in total. The number of allylic oxidation sites excluding steroid dienone is 2. The molecule has 0 saturated heterocycles. The molecule has 1 aromatic carbocycles. The molecule has 1 aliphatic rings. The fourth-order valence-electron chi connectivity index (χ4n) is 1.84. The number of hydrogen-bond acceptors (Lipinski definition) is 5. The van der Waals surface area contributed by atoms with E-state index in [9.17, 15) is 14.4 Å². The quantitative estimate of drug-likeness (QED) is 0.543. The van der Waals surface area contributed by atoms with E-state index in [2.05, 4.69) is 23.5 Å². The summed E-state index contributed by atoms with van der Waals surface area (Å²) in [5, 5.41) is 37.0. The van der Waals surface area contributed by atoms with Gasteiger partial charge in [-0.25, -0.2) is 4.79 Å². The fourth-order valence-corrected chi connectivity index (χ4v) is 1.84. The number of nitrogens with one attached hydrogen (secondary N) is 1. The Balaban J connectivity index is 0.000000242. The van der Waals surface area contributed by atoms with Crippen molar-refractivity contribution in [1.29, 1.82) is 0 Å². The number of hydrogen-bond donors (Lipinski definition) is 5. The molecule has 0 saturated carbocycles. The lowest BCUT2D eigenvalue weighted by Gasteiger charge is -2.18. The van der Waals surface area contributed by atoms with Crippen LogP contribution in [0.25, 0.3) is 6.08 Å². The molecule has 0 unspecified atom stereocenters. The van der Waals surface area contributed by atoms with Crippen LogP contribution < -0.4 is 5.32 Å². The molecular weight excluding hydrogens is 318 g/mol. The SMILES string of the molecule is C1=CNc2ccccc2C=C1.O=C(O)CC(O)(CC(=O)O)C(=O)O. The van der Waals surface area contributed by atoms with Crippen LogP contribution in [-0.2, 0) is 14.4 Å². The smallest absolute Gasteiger partial charge is 0.336 e. The standard InChI is InChI=1S/C10H9N.C6H8O7/c1-2-7-10-9(5-1)6-3-4-8-11-10;7-3(8)1-6(13,5(11)12)2-4(9)10/h1-8,11H;13H,1-2H2,(H,7,8)(H,9,10)(H,11,12). The van der Waals surface area contributed by atoms with E-state index >= 15 is 0 Å². The van der Waals surface area contributed by atoms with Crippen molar-refractivity contribution in [2.24, 2.45) is 0 Å². The van der Waals surface area contributed by atoms with Crippen LogP contribution in [0.15, 0.2) is 42.6 Å². The molecule has 24 heavy (non-hydrogen) atoms. The van der Waals surface area contributed by atoms with Crippen molar-refractivity contribution in [2.75, 3.05) is 5.32 Å². The van der Waals surface area contributed by atoms with E-state index < -0.39 is 36.4 Å². The van der Waals surface area contributed by atoms with Crippen LogP contribution in [-0.4, -0.2) is 43.9 Å². The van der Waals surface area contributed by atoms with Gasteiger partial charge in [0.1, 0.15) is 0 Å². The lowest BCUT2D eigenvalue weighted by atomic mass is 9.96. The summed E-state index contributed by atoms with van der Waals surface area (Å²) in [6.07, 6.45) is 5.75. The van der Waals surface area contributed by atoms with Gasteiger partial charge >= 0.3 is 17.9 Å². The van der Waals surface area contributed by atoms with Crippen LogP contribution in [0.4, 0.5) is 5.69 Å². The molecule has 8 nitrogen and oxygen atoms in total. The zero-order valence-corrected chi connectivity index (χ0v) is 12.5. The van der Waals surface area contributed by atoms with Crippen LogP contribution in [0.3, 0.4) is 0 Å². The maximum absolute atomic E-state index is 10.3. The predicted octanol–water partition coefficient (Wildman–Crippen LogP) is 1.39. The summed E-state index contributed by atoms with van der Waals surface area (Å²) >= 11 is 0. The Morgan fingerprint density at radius 2 is 1.54 bits per heavy atom. The fraction of sp³-hybridized carbons (Fsp3) is 0.188. The van der Waals surface area contributed by atoms with E-state index in [4.69, 9.17) is 20.4 Å². The molecule has 0 fully saturated rings. The first-order valence-electron chi connectivity index (χ1n) is 6.83. The van der Waals surface area contributed by atoms with Gasteiger partial charge in [-0.1, -0.05) is 30.4 Å². The molecule has 1 aliphatic heterocycles. The Morgan fingerprint density at radius 3 is 2.08 bits per heavy atom. The van der Waals surface area contributed by atoms with Gasteiger partial charge in [0.05, 0.1) is 12.8 Å². The zero-order valence-electron chi connectivity index (χ0n) is 12.5. The van der Waals surface area contributed by atoms with Crippen molar-refractivity contribution >= 4 is 29.7 Å². The summed E-state index contributed by atoms with van der Waals surface area (Å²) in [6.45, 7) is 0.